The van der Waals surface area contributed by atoms with Crippen LogP contribution in [0.1, 0.15) is 49.7 Å². The maximum absolute atomic E-state index is 13.0. The number of aromatic nitrogens is 2. The van der Waals surface area contributed by atoms with Crippen LogP contribution < -0.4 is 5.32 Å². The molecule has 32 heavy (non-hydrogen) atoms. The molecule has 0 saturated heterocycles. The quantitative estimate of drug-likeness (QED) is 0.526. The molecule has 0 aliphatic rings. The van der Waals surface area contributed by atoms with Gasteiger partial charge in [-0.05, 0) is 62.2 Å². The van der Waals surface area contributed by atoms with Crippen molar-refractivity contribution in [3.05, 3.63) is 71.0 Å². The molecule has 0 aliphatic heterocycles. The molecule has 9 heteroatoms. The molecule has 170 valence electrons. The summed E-state index contributed by atoms with van der Waals surface area (Å²) in [5.74, 6) is -0.298. The minimum atomic E-state index is -3.59. The van der Waals surface area contributed by atoms with Crippen LogP contribution in [-0.4, -0.2) is 41.5 Å². The first-order valence-electron chi connectivity index (χ1n) is 10.3. The fourth-order valence-electron chi connectivity index (χ4n) is 3.25. The molecular formula is C23H27ClN4O3S. The van der Waals surface area contributed by atoms with Crippen LogP contribution in [0.15, 0.2) is 59.6 Å². The zero-order chi connectivity index (χ0) is 23.6. The molecule has 1 aromatic heterocycles. The van der Waals surface area contributed by atoms with E-state index in [-0.39, 0.29) is 22.8 Å². The number of amides is 1. The fraction of sp³-hybridized carbons (Fsp3) is 0.304. The van der Waals surface area contributed by atoms with Gasteiger partial charge in [0.1, 0.15) is 0 Å². The molecule has 0 radical (unpaired) electrons. The maximum atomic E-state index is 13.0. The average Bonchev–Trinajstić information content (AvgIpc) is 3.19. The van der Waals surface area contributed by atoms with Gasteiger partial charge in [0.25, 0.3) is 5.91 Å². The average molecular weight is 475 g/mol. The van der Waals surface area contributed by atoms with Crippen molar-refractivity contribution < 1.29 is 13.2 Å². The number of halogens is 1. The first kappa shape index (κ1) is 24.0. The van der Waals surface area contributed by atoms with Crippen LogP contribution in [0.5, 0.6) is 0 Å². The number of rotatable bonds is 7. The number of anilines is 1. The van der Waals surface area contributed by atoms with Crippen LogP contribution in [0.2, 0.25) is 5.02 Å². The van der Waals surface area contributed by atoms with Gasteiger partial charge in [0.05, 0.1) is 28.0 Å². The zero-order valence-corrected chi connectivity index (χ0v) is 20.3. The zero-order valence-electron chi connectivity index (χ0n) is 18.7. The summed E-state index contributed by atoms with van der Waals surface area (Å²) in [5, 5.41) is 7.82. The number of hydrogen-bond donors (Lipinski definition) is 1. The smallest absolute Gasteiger partial charge is 0.259 e. The van der Waals surface area contributed by atoms with Gasteiger partial charge < -0.3 is 5.32 Å². The monoisotopic (exact) mass is 474 g/mol. The lowest BCUT2D eigenvalue weighted by Gasteiger charge is -2.21. The summed E-state index contributed by atoms with van der Waals surface area (Å²) in [6.45, 7) is 7.59. The molecule has 0 spiro atoms. The third-order valence-corrected chi connectivity index (χ3v) is 7.45. The Balaban J connectivity index is 1.87. The molecule has 0 unspecified atom stereocenters. The second-order valence-corrected chi connectivity index (χ2v) is 10.5. The predicted octanol–water partition coefficient (Wildman–Crippen LogP) is 4.93. The Morgan fingerprint density at radius 1 is 1.09 bits per heavy atom. The number of sulfonamides is 1. The Kier molecular flexibility index (Phi) is 7.07. The number of benzene rings is 2. The highest BCUT2D eigenvalue weighted by Crippen LogP contribution is 2.26. The Bertz CT molecular complexity index is 1220. The largest absolute Gasteiger partial charge is 0.322 e. The fourth-order valence-corrected chi connectivity index (χ4v) is 4.81. The topological polar surface area (TPSA) is 84.3 Å². The number of carbonyl (C=O) groups excluding carboxylic acids is 1. The molecular weight excluding hydrogens is 448 g/mol. The summed E-state index contributed by atoms with van der Waals surface area (Å²) in [4.78, 5) is 13.2. The van der Waals surface area contributed by atoms with Gasteiger partial charge in [-0.3, -0.25) is 4.79 Å². The third kappa shape index (κ3) is 4.87. The van der Waals surface area contributed by atoms with Crippen molar-refractivity contribution in [3.8, 4) is 5.69 Å². The molecule has 1 N–H and O–H groups in total. The Morgan fingerprint density at radius 3 is 2.31 bits per heavy atom. The van der Waals surface area contributed by atoms with E-state index in [1.54, 1.807) is 36.0 Å². The van der Waals surface area contributed by atoms with Crippen molar-refractivity contribution in [3.63, 3.8) is 0 Å². The Labute approximate surface area is 194 Å². The van der Waals surface area contributed by atoms with E-state index in [2.05, 4.69) is 10.4 Å². The highest BCUT2D eigenvalue weighted by atomic mass is 35.5. The van der Waals surface area contributed by atoms with E-state index in [0.29, 0.717) is 16.3 Å². The van der Waals surface area contributed by atoms with Gasteiger partial charge in [0.15, 0.2) is 0 Å². The van der Waals surface area contributed by atoms with E-state index in [4.69, 9.17) is 11.6 Å². The van der Waals surface area contributed by atoms with E-state index >= 15 is 0 Å². The van der Waals surface area contributed by atoms with Gasteiger partial charge in [-0.2, -0.15) is 9.40 Å². The van der Waals surface area contributed by atoms with Crippen molar-refractivity contribution in [1.82, 2.24) is 14.1 Å². The lowest BCUT2D eigenvalue weighted by Crippen LogP contribution is -2.33. The Hall–Kier alpha value is -2.68. The number of carbonyl (C=O) groups is 1. The van der Waals surface area contributed by atoms with Gasteiger partial charge in [-0.15, -0.1) is 0 Å². The first-order chi connectivity index (χ1) is 15.0. The summed E-state index contributed by atoms with van der Waals surface area (Å²) in [6, 6.07) is 13.2. The van der Waals surface area contributed by atoms with E-state index in [1.807, 2.05) is 39.8 Å². The van der Waals surface area contributed by atoms with Gasteiger partial charge in [-0.1, -0.05) is 31.5 Å². The van der Waals surface area contributed by atoms with Crippen molar-refractivity contribution >= 4 is 33.2 Å². The van der Waals surface area contributed by atoms with E-state index < -0.39 is 10.0 Å². The standard InChI is InChI=1S/C23H27ClN4O3S/c1-15(2)22-21(14-25-28(22)19-8-6-7-17(24)13-19)23(29)26-18-9-11-20(12-10-18)32(30,31)27(5)16(3)4/h6-16H,1-5H3,(H,26,29). The number of nitrogens with one attached hydrogen (secondary N) is 1. The minimum absolute atomic E-state index is 0.0244. The van der Waals surface area contributed by atoms with Gasteiger partial charge in [0.2, 0.25) is 10.0 Å². The molecule has 1 heterocycles. The predicted molar refractivity (Wildman–Crippen MR) is 127 cm³/mol. The summed E-state index contributed by atoms with van der Waals surface area (Å²) >= 11 is 6.12. The summed E-state index contributed by atoms with van der Waals surface area (Å²) in [7, 11) is -2.05. The second kappa shape index (κ2) is 9.44. The van der Waals surface area contributed by atoms with Crippen molar-refractivity contribution in [2.45, 2.75) is 44.6 Å². The van der Waals surface area contributed by atoms with Crippen molar-refractivity contribution in [2.24, 2.45) is 0 Å². The normalized spacial score (nSPS) is 12.0. The van der Waals surface area contributed by atoms with Crippen LogP contribution in [-0.2, 0) is 10.0 Å². The molecule has 0 atom stereocenters. The van der Waals surface area contributed by atoms with Crippen molar-refractivity contribution in [2.75, 3.05) is 12.4 Å². The van der Waals surface area contributed by atoms with Crippen LogP contribution in [0.3, 0.4) is 0 Å². The first-order valence-corrected chi connectivity index (χ1v) is 12.1. The van der Waals surface area contributed by atoms with E-state index in [9.17, 15) is 13.2 Å². The van der Waals surface area contributed by atoms with E-state index in [0.717, 1.165) is 11.4 Å². The molecule has 0 aliphatic carbocycles. The Morgan fingerprint density at radius 2 is 1.75 bits per heavy atom. The minimum Gasteiger partial charge on any atom is -0.322 e. The van der Waals surface area contributed by atoms with Gasteiger partial charge in [-0.25, -0.2) is 13.1 Å². The SMILES string of the molecule is CC(C)c1c(C(=O)Nc2ccc(S(=O)(=O)N(C)C(C)C)cc2)cnn1-c1cccc(Cl)c1. The summed E-state index contributed by atoms with van der Waals surface area (Å²) in [6.07, 6.45) is 1.53. The van der Waals surface area contributed by atoms with Gasteiger partial charge in [0, 0.05) is 23.8 Å². The molecule has 3 rings (SSSR count). The maximum Gasteiger partial charge on any atom is 0.259 e. The summed E-state index contributed by atoms with van der Waals surface area (Å²) in [5.41, 5.74) is 2.45. The van der Waals surface area contributed by atoms with Crippen LogP contribution >= 0.6 is 11.6 Å². The summed E-state index contributed by atoms with van der Waals surface area (Å²) < 4.78 is 28.3. The number of hydrogen-bond acceptors (Lipinski definition) is 4. The lowest BCUT2D eigenvalue weighted by atomic mass is 10.0. The van der Waals surface area contributed by atoms with E-state index in [1.165, 1.54) is 22.6 Å². The molecule has 1 amide bonds. The third-order valence-electron chi connectivity index (χ3n) is 5.17. The number of nitrogens with zero attached hydrogens (tertiary/aromatic N) is 3. The lowest BCUT2D eigenvalue weighted by molar-refractivity contribution is 0.102. The molecule has 7 nitrogen and oxygen atoms in total. The molecule has 3 aromatic rings. The van der Waals surface area contributed by atoms with Gasteiger partial charge >= 0.3 is 0 Å². The van der Waals surface area contributed by atoms with Crippen molar-refractivity contribution in [1.29, 1.82) is 0 Å². The molecule has 2 aromatic carbocycles. The second-order valence-electron chi connectivity index (χ2n) is 8.08. The van der Waals surface area contributed by atoms with Crippen LogP contribution in [0.4, 0.5) is 5.69 Å². The highest BCUT2D eigenvalue weighted by molar-refractivity contribution is 7.89. The van der Waals surface area contributed by atoms with Crippen LogP contribution in [0.25, 0.3) is 5.69 Å². The molecule has 0 saturated carbocycles. The molecule has 0 bridgehead atoms. The highest BCUT2D eigenvalue weighted by Gasteiger charge is 2.24. The van der Waals surface area contributed by atoms with Crippen LogP contribution in [0, 0.1) is 0 Å². The molecule has 0 fully saturated rings.